The van der Waals surface area contributed by atoms with Crippen LogP contribution in [-0.4, -0.2) is 50.0 Å². The highest BCUT2D eigenvalue weighted by Gasteiger charge is 2.32. The number of aliphatic hydroxyl groups excluding tert-OH is 1. The Morgan fingerprint density at radius 2 is 2.08 bits per heavy atom. The van der Waals surface area contributed by atoms with E-state index in [0.717, 1.165) is 12.1 Å². The first-order chi connectivity index (χ1) is 11.9. The van der Waals surface area contributed by atoms with E-state index in [9.17, 15) is 15.0 Å². The first-order valence-corrected chi connectivity index (χ1v) is 8.73. The molecule has 6 heteroatoms. The van der Waals surface area contributed by atoms with Gasteiger partial charge in [0.15, 0.2) is 11.4 Å². The van der Waals surface area contributed by atoms with Crippen LogP contribution in [0.1, 0.15) is 49.2 Å². The summed E-state index contributed by atoms with van der Waals surface area (Å²) in [5, 5.41) is 24.2. The predicted octanol–water partition coefficient (Wildman–Crippen LogP) is 2.54. The second-order valence-corrected chi connectivity index (χ2v) is 7.10. The highest BCUT2D eigenvalue weighted by atomic mass is 16.3. The Bertz CT molecular complexity index is 767. The summed E-state index contributed by atoms with van der Waals surface area (Å²) in [5.41, 5.74) is 2.03. The van der Waals surface area contributed by atoms with Crippen molar-refractivity contribution >= 4 is 5.91 Å². The zero-order valence-corrected chi connectivity index (χ0v) is 14.9. The third kappa shape index (κ3) is 3.54. The third-order valence-electron chi connectivity index (χ3n) is 4.89. The monoisotopic (exact) mass is 343 g/mol. The fourth-order valence-corrected chi connectivity index (χ4v) is 3.19. The van der Waals surface area contributed by atoms with Crippen molar-refractivity contribution in [1.29, 1.82) is 0 Å². The number of aliphatic hydroxyl groups is 1. The zero-order chi connectivity index (χ0) is 18.1. The number of nitrogens with zero attached hydrogens (tertiary/aromatic N) is 3. The Balaban J connectivity index is 1.83. The van der Waals surface area contributed by atoms with Crippen molar-refractivity contribution in [2.75, 3.05) is 13.1 Å². The van der Waals surface area contributed by atoms with Gasteiger partial charge in [-0.15, -0.1) is 0 Å². The lowest BCUT2D eigenvalue weighted by Gasteiger charge is -2.16. The van der Waals surface area contributed by atoms with E-state index in [0.29, 0.717) is 19.0 Å². The van der Waals surface area contributed by atoms with E-state index < -0.39 is 6.10 Å². The molecule has 0 radical (unpaired) electrons. The van der Waals surface area contributed by atoms with E-state index >= 15 is 0 Å². The van der Waals surface area contributed by atoms with Gasteiger partial charge in [-0.2, -0.15) is 5.10 Å². The molecule has 1 aromatic heterocycles. The maximum Gasteiger partial charge on any atom is 0.278 e. The molecule has 1 saturated heterocycles. The number of hydrogen-bond acceptors (Lipinski definition) is 4. The average molecular weight is 343 g/mol. The maximum absolute atomic E-state index is 12.7. The number of aromatic hydroxyl groups is 1. The van der Waals surface area contributed by atoms with Crippen LogP contribution in [0, 0.1) is 5.92 Å². The van der Waals surface area contributed by atoms with Crippen molar-refractivity contribution in [2.24, 2.45) is 5.92 Å². The van der Waals surface area contributed by atoms with Gasteiger partial charge >= 0.3 is 0 Å². The summed E-state index contributed by atoms with van der Waals surface area (Å²) in [6.07, 6.45) is 1.79. The van der Waals surface area contributed by atoms with Crippen molar-refractivity contribution < 1.29 is 15.0 Å². The van der Waals surface area contributed by atoms with Gasteiger partial charge in [0.1, 0.15) is 0 Å². The summed E-state index contributed by atoms with van der Waals surface area (Å²) in [7, 11) is 0. The number of rotatable bonds is 4. The molecule has 2 aromatic rings. The SMILES string of the molecule is CC(C)c1cccc(-n2cc(O)c(C(=O)N3CCC(C(C)O)C3)n2)c1. The normalized spacial score (nSPS) is 18.8. The first-order valence-electron chi connectivity index (χ1n) is 8.73. The van der Waals surface area contributed by atoms with E-state index in [4.69, 9.17) is 0 Å². The van der Waals surface area contributed by atoms with Gasteiger partial charge in [0.2, 0.25) is 0 Å². The Labute approximate surface area is 147 Å². The Morgan fingerprint density at radius 1 is 1.32 bits per heavy atom. The smallest absolute Gasteiger partial charge is 0.278 e. The quantitative estimate of drug-likeness (QED) is 0.894. The minimum Gasteiger partial charge on any atom is -0.504 e. The molecule has 6 nitrogen and oxygen atoms in total. The van der Waals surface area contributed by atoms with Gasteiger partial charge in [0.05, 0.1) is 18.0 Å². The van der Waals surface area contributed by atoms with Crippen LogP contribution in [0.25, 0.3) is 5.69 Å². The van der Waals surface area contributed by atoms with Crippen LogP contribution in [-0.2, 0) is 0 Å². The van der Waals surface area contributed by atoms with Gasteiger partial charge in [-0.05, 0) is 37.0 Å². The van der Waals surface area contributed by atoms with Gasteiger partial charge in [-0.25, -0.2) is 4.68 Å². The minimum absolute atomic E-state index is 0.0567. The first kappa shape index (κ1) is 17.5. The average Bonchev–Trinajstić information content (AvgIpc) is 3.21. The minimum atomic E-state index is -0.442. The fourth-order valence-electron chi connectivity index (χ4n) is 3.19. The van der Waals surface area contributed by atoms with Gasteiger partial charge in [-0.3, -0.25) is 4.79 Å². The summed E-state index contributed by atoms with van der Waals surface area (Å²) in [4.78, 5) is 14.3. The lowest BCUT2D eigenvalue weighted by atomic mass is 10.0. The van der Waals surface area contributed by atoms with E-state index in [2.05, 4.69) is 18.9 Å². The van der Waals surface area contributed by atoms with Gasteiger partial charge < -0.3 is 15.1 Å². The van der Waals surface area contributed by atoms with Crippen LogP contribution < -0.4 is 0 Å². The number of aromatic nitrogens is 2. The van der Waals surface area contributed by atoms with E-state index in [-0.39, 0.29) is 23.3 Å². The van der Waals surface area contributed by atoms with Crippen LogP contribution in [0.15, 0.2) is 30.5 Å². The van der Waals surface area contributed by atoms with Gasteiger partial charge in [0, 0.05) is 19.0 Å². The molecule has 2 unspecified atom stereocenters. The van der Waals surface area contributed by atoms with Crippen LogP contribution in [0.5, 0.6) is 5.75 Å². The lowest BCUT2D eigenvalue weighted by Crippen LogP contribution is -2.30. The maximum atomic E-state index is 12.7. The zero-order valence-electron chi connectivity index (χ0n) is 14.9. The van der Waals surface area contributed by atoms with E-state index in [1.165, 1.54) is 16.4 Å². The van der Waals surface area contributed by atoms with E-state index in [1.807, 2.05) is 24.3 Å². The molecule has 1 aliphatic rings. The Hall–Kier alpha value is -2.34. The van der Waals surface area contributed by atoms with Crippen LogP contribution in [0.2, 0.25) is 0 Å². The van der Waals surface area contributed by atoms with Crippen molar-refractivity contribution in [3.05, 3.63) is 41.7 Å². The van der Waals surface area contributed by atoms with Crippen LogP contribution in [0.3, 0.4) is 0 Å². The molecule has 1 aliphatic heterocycles. The molecule has 0 bridgehead atoms. The summed E-state index contributed by atoms with van der Waals surface area (Å²) < 4.78 is 1.54. The molecule has 2 N–H and O–H groups in total. The molecule has 0 spiro atoms. The molecule has 2 atom stereocenters. The molecule has 134 valence electrons. The standard InChI is InChI=1S/C19H25N3O3/c1-12(2)14-5-4-6-16(9-14)22-11-17(24)18(20-22)19(25)21-8-7-15(10-21)13(3)23/h4-6,9,11-13,15,23-24H,7-8,10H2,1-3H3. The summed E-state index contributed by atoms with van der Waals surface area (Å²) in [5.74, 6) is 0.0444. The predicted molar refractivity (Wildman–Crippen MR) is 95.0 cm³/mol. The number of carbonyl (C=O) groups is 1. The van der Waals surface area contributed by atoms with Crippen molar-refractivity contribution in [2.45, 2.75) is 39.2 Å². The molecule has 2 heterocycles. The largest absolute Gasteiger partial charge is 0.504 e. The molecule has 1 aromatic carbocycles. The highest BCUT2D eigenvalue weighted by molar-refractivity contribution is 5.95. The summed E-state index contributed by atoms with van der Waals surface area (Å²) in [6, 6.07) is 7.89. The van der Waals surface area contributed by atoms with Crippen LogP contribution in [0.4, 0.5) is 0 Å². The molecule has 0 saturated carbocycles. The molecule has 3 rings (SSSR count). The topological polar surface area (TPSA) is 78.6 Å². The van der Waals surface area contributed by atoms with Crippen molar-refractivity contribution in [3.8, 4) is 11.4 Å². The number of hydrogen-bond donors (Lipinski definition) is 2. The highest BCUT2D eigenvalue weighted by Crippen LogP contribution is 2.26. The van der Waals surface area contributed by atoms with Gasteiger partial charge in [0.25, 0.3) is 5.91 Å². The van der Waals surface area contributed by atoms with Crippen molar-refractivity contribution in [1.82, 2.24) is 14.7 Å². The van der Waals surface area contributed by atoms with Crippen LogP contribution >= 0.6 is 0 Å². The molecule has 25 heavy (non-hydrogen) atoms. The second-order valence-electron chi connectivity index (χ2n) is 7.10. The number of benzene rings is 1. The lowest BCUT2D eigenvalue weighted by molar-refractivity contribution is 0.0753. The van der Waals surface area contributed by atoms with Gasteiger partial charge in [-0.1, -0.05) is 26.0 Å². The molecular formula is C19H25N3O3. The molecule has 1 fully saturated rings. The Kier molecular flexibility index (Phi) is 4.81. The Morgan fingerprint density at radius 3 is 2.72 bits per heavy atom. The fraction of sp³-hybridized carbons (Fsp3) is 0.474. The summed E-state index contributed by atoms with van der Waals surface area (Å²) >= 11 is 0. The number of likely N-dealkylation sites (tertiary alicyclic amines) is 1. The number of carbonyl (C=O) groups excluding carboxylic acids is 1. The third-order valence-corrected chi connectivity index (χ3v) is 4.89. The van der Waals surface area contributed by atoms with Crippen molar-refractivity contribution in [3.63, 3.8) is 0 Å². The summed E-state index contributed by atoms with van der Waals surface area (Å²) in [6.45, 7) is 7.03. The molecular weight excluding hydrogens is 318 g/mol. The second kappa shape index (κ2) is 6.88. The number of amides is 1. The van der Waals surface area contributed by atoms with E-state index in [1.54, 1.807) is 11.8 Å². The molecule has 1 amide bonds. The molecule has 0 aliphatic carbocycles.